The van der Waals surface area contributed by atoms with Gasteiger partial charge in [0.15, 0.2) is 0 Å². The molecule has 0 saturated heterocycles. The molecule has 1 fully saturated rings. The molecule has 4 nitrogen and oxygen atoms in total. The number of halogens is 5. The quantitative estimate of drug-likeness (QED) is 0.451. The highest BCUT2D eigenvalue weighted by Gasteiger charge is 2.34. The van der Waals surface area contributed by atoms with E-state index in [4.69, 9.17) is 11.6 Å². The van der Waals surface area contributed by atoms with E-state index in [0.29, 0.717) is 47.3 Å². The Labute approximate surface area is 187 Å². The van der Waals surface area contributed by atoms with Crippen LogP contribution in [0.3, 0.4) is 0 Å². The number of hydrogen-bond acceptors (Lipinski definition) is 3. The van der Waals surface area contributed by atoms with Gasteiger partial charge in [0, 0.05) is 33.7 Å². The maximum atomic E-state index is 13.3. The number of carbonyl (C=O) groups is 1. The Morgan fingerprint density at radius 1 is 0.969 bits per heavy atom. The second-order valence-electron chi connectivity index (χ2n) is 7.89. The molecule has 1 saturated carbocycles. The van der Waals surface area contributed by atoms with Gasteiger partial charge in [-0.05, 0) is 74.2 Å². The standard InChI is InChI=1S/C23H20ClF4N3O/c24-14-3-10-19-18(11-14)20(12-21(31-19)23(26,27)28)29-16-6-8-17(9-7-16)30-22(32)13-1-4-15(25)5-2-13/h1-5,10-12,16-17H,6-9H2,(H,29,31)(H,30,32). The van der Waals surface area contributed by atoms with Crippen LogP contribution in [0, 0.1) is 5.82 Å². The monoisotopic (exact) mass is 465 g/mol. The van der Waals surface area contributed by atoms with Crippen molar-refractivity contribution in [3.05, 3.63) is 70.6 Å². The summed E-state index contributed by atoms with van der Waals surface area (Å²) in [5.41, 5.74) is -0.0304. The van der Waals surface area contributed by atoms with E-state index in [1.807, 2.05) is 0 Å². The summed E-state index contributed by atoms with van der Waals surface area (Å²) in [6.07, 6.45) is -1.90. The highest BCUT2D eigenvalue weighted by molar-refractivity contribution is 6.31. The van der Waals surface area contributed by atoms with E-state index in [1.54, 1.807) is 6.07 Å². The molecule has 1 aliphatic carbocycles. The molecule has 0 bridgehead atoms. The predicted octanol–water partition coefficient (Wildman–Crippen LogP) is 6.20. The lowest BCUT2D eigenvalue weighted by molar-refractivity contribution is -0.140. The smallest absolute Gasteiger partial charge is 0.382 e. The minimum Gasteiger partial charge on any atom is -0.382 e. The van der Waals surface area contributed by atoms with Crippen LogP contribution in [0.25, 0.3) is 10.9 Å². The predicted molar refractivity (Wildman–Crippen MR) is 115 cm³/mol. The number of pyridine rings is 1. The van der Waals surface area contributed by atoms with Gasteiger partial charge in [-0.25, -0.2) is 9.37 Å². The van der Waals surface area contributed by atoms with Crippen LogP contribution in [-0.4, -0.2) is 23.0 Å². The summed E-state index contributed by atoms with van der Waals surface area (Å²) in [4.78, 5) is 16.1. The summed E-state index contributed by atoms with van der Waals surface area (Å²) < 4.78 is 53.0. The molecule has 1 amide bonds. The number of carbonyl (C=O) groups excluding carboxylic acids is 1. The van der Waals surface area contributed by atoms with E-state index in [0.717, 1.165) is 6.07 Å². The average molecular weight is 466 g/mol. The Balaban J connectivity index is 1.44. The normalized spacial score (nSPS) is 19.0. The summed E-state index contributed by atoms with van der Waals surface area (Å²) >= 11 is 6.05. The number of nitrogens with one attached hydrogen (secondary N) is 2. The van der Waals surface area contributed by atoms with Gasteiger partial charge in [0.05, 0.1) is 5.52 Å². The van der Waals surface area contributed by atoms with E-state index < -0.39 is 17.7 Å². The van der Waals surface area contributed by atoms with Gasteiger partial charge in [-0.1, -0.05) is 11.6 Å². The Morgan fingerprint density at radius 2 is 1.62 bits per heavy atom. The molecule has 2 N–H and O–H groups in total. The number of aromatic nitrogens is 1. The van der Waals surface area contributed by atoms with E-state index in [9.17, 15) is 22.4 Å². The molecule has 1 aromatic heterocycles. The number of anilines is 1. The van der Waals surface area contributed by atoms with Crippen molar-refractivity contribution in [2.45, 2.75) is 43.9 Å². The van der Waals surface area contributed by atoms with Crippen molar-refractivity contribution in [2.75, 3.05) is 5.32 Å². The fourth-order valence-corrected chi connectivity index (χ4v) is 4.11. The van der Waals surface area contributed by atoms with Crippen molar-refractivity contribution in [1.29, 1.82) is 0 Å². The Kier molecular flexibility index (Phi) is 6.24. The topological polar surface area (TPSA) is 54.0 Å². The molecule has 0 atom stereocenters. The van der Waals surface area contributed by atoms with Gasteiger partial charge < -0.3 is 10.6 Å². The largest absolute Gasteiger partial charge is 0.433 e. The van der Waals surface area contributed by atoms with Crippen LogP contribution in [0.4, 0.5) is 23.2 Å². The lowest BCUT2D eigenvalue weighted by Gasteiger charge is -2.30. The molecule has 9 heteroatoms. The zero-order valence-electron chi connectivity index (χ0n) is 16.8. The van der Waals surface area contributed by atoms with Crippen molar-refractivity contribution in [3.8, 4) is 0 Å². The third-order valence-corrected chi connectivity index (χ3v) is 5.82. The average Bonchev–Trinajstić information content (AvgIpc) is 2.75. The van der Waals surface area contributed by atoms with Crippen LogP contribution in [0.1, 0.15) is 41.7 Å². The van der Waals surface area contributed by atoms with Gasteiger partial charge >= 0.3 is 6.18 Å². The fraction of sp³-hybridized carbons (Fsp3) is 0.304. The Hall–Kier alpha value is -2.87. The molecule has 168 valence electrons. The number of alkyl halides is 3. The van der Waals surface area contributed by atoms with Gasteiger partial charge in [-0.2, -0.15) is 13.2 Å². The first-order valence-electron chi connectivity index (χ1n) is 10.2. The minimum atomic E-state index is -4.56. The van der Waals surface area contributed by atoms with Crippen LogP contribution in [0.15, 0.2) is 48.5 Å². The number of fused-ring (bicyclic) bond motifs is 1. The van der Waals surface area contributed by atoms with Crippen molar-refractivity contribution in [1.82, 2.24) is 10.3 Å². The second kappa shape index (κ2) is 8.94. The molecule has 1 heterocycles. The van der Waals surface area contributed by atoms with E-state index in [1.165, 1.54) is 36.4 Å². The molecule has 4 rings (SSSR count). The van der Waals surface area contributed by atoms with Crippen LogP contribution in [0.5, 0.6) is 0 Å². The third-order valence-electron chi connectivity index (χ3n) is 5.59. The molecule has 1 aliphatic rings. The van der Waals surface area contributed by atoms with Crippen LogP contribution >= 0.6 is 11.6 Å². The van der Waals surface area contributed by atoms with E-state index in [-0.39, 0.29) is 23.5 Å². The second-order valence-corrected chi connectivity index (χ2v) is 8.32. The van der Waals surface area contributed by atoms with Gasteiger partial charge in [0.25, 0.3) is 5.91 Å². The highest BCUT2D eigenvalue weighted by Crippen LogP contribution is 2.35. The van der Waals surface area contributed by atoms with Crippen molar-refractivity contribution < 1.29 is 22.4 Å². The molecule has 2 aromatic carbocycles. The van der Waals surface area contributed by atoms with Gasteiger partial charge in [-0.3, -0.25) is 4.79 Å². The Morgan fingerprint density at radius 3 is 2.28 bits per heavy atom. The number of amides is 1. The summed E-state index contributed by atoms with van der Waals surface area (Å²) in [6.45, 7) is 0. The molecule has 3 aromatic rings. The van der Waals surface area contributed by atoms with Gasteiger partial charge in [0.1, 0.15) is 11.5 Å². The van der Waals surface area contributed by atoms with Crippen molar-refractivity contribution in [2.24, 2.45) is 0 Å². The van der Waals surface area contributed by atoms with Gasteiger partial charge in [-0.15, -0.1) is 0 Å². The minimum absolute atomic E-state index is 0.0556. The zero-order chi connectivity index (χ0) is 22.9. The van der Waals surface area contributed by atoms with Crippen LogP contribution < -0.4 is 10.6 Å². The molecule has 0 aliphatic heterocycles. The van der Waals surface area contributed by atoms with Crippen LogP contribution in [0.2, 0.25) is 5.02 Å². The molecule has 32 heavy (non-hydrogen) atoms. The summed E-state index contributed by atoms with van der Waals surface area (Å²) in [5.74, 6) is -0.683. The number of rotatable bonds is 4. The first kappa shape index (κ1) is 22.3. The third kappa shape index (κ3) is 5.12. The number of benzene rings is 2. The van der Waals surface area contributed by atoms with Gasteiger partial charge in [0.2, 0.25) is 0 Å². The highest BCUT2D eigenvalue weighted by atomic mass is 35.5. The summed E-state index contributed by atoms with van der Waals surface area (Å²) in [7, 11) is 0. The molecule has 0 unspecified atom stereocenters. The first-order chi connectivity index (χ1) is 15.2. The molecule has 0 spiro atoms. The van der Waals surface area contributed by atoms with E-state index in [2.05, 4.69) is 15.6 Å². The fourth-order valence-electron chi connectivity index (χ4n) is 3.93. The molecule has 0 radical (unpaired) electrons. The summed E-state index contributed by atoms with van der Waals surface area (Å²) in [5, 5.41) is 7.10. The first-order valence-corrected chi connectivity index (χ1v) is 10.6. The molecular weight excluding hydrogens is 446 g/mol. The lowest BCUT2D eigenvalue weighted by Crippen LogP contribution is -2.40. The van der Waals surface area contributed by atoms with Crippen molar-refractivity contribution >= 4 is 34.1 Å². The lowest BCUT2D eigenvalue weighted by atomic mass is 9.90. The summed E-state index contributed by atoms with van der Waals surface area (Å²) in [6, 6.07) is 10.8. The number of nitrogens with zero attached hydrogens (tertiary/aromatic N) is 1. The SMILES string of the molecule is O=C(NC1CCC(Nc2cc(C(F)(F)F)nc3ccc(Cl)cc23)CC1)c1ccc(F)cc1. The Bertz CT molecular complexity index is 1130. The zero-order valence-corrected chi connectivity index (χ0v) is 17.6. The van der Waals surface area contributed by atoms with E-state index >= 15 is 0 Å². The van der Waals surface area contributed by atoms with Crippen LogP contribution in [-0.2, 0) is 6.18 Å². The van der Waals surface area contributed by atoms with Crippen molar-refractivity contribution in [3.63, 3.8) is 0 Å². The molecular formula is C23H20ClF4N3O. The maximum absolute atomic E-state index is 13.3. The maximum Gasteiger partial charge on any atom is 0.433 e. The number of hydrogen-bond donors (Lipinski definition) is 2.